The Morgan fingerprint density at radius 3 is 2.50 bits per heavy atom. The molecule has 0 aliphatic rings. The third-order valence-electron chi connectivity index (χ3n) is 0.277. The Morgan fingerprint density at radius 2 is 2.50 bits per heavy atom. The van der Waals surface area contributed by atoms with E-state index in [-0.39, 0.29) is 0 Å². The van der Waals surface area contributed by atoms with Crippen LogP contribution in [-0.4, -0.2) is 13.2 Å². The van der Waals surface area contributed by atoms with Crippen LogP contribution in [0.3, 0.4) is 0 Å². The summed E-state index contributed by atoms with van der Waals surface area (Å²) < 4.78 is 3.90. The molecule has 0 aromatic heterocycles. The van der Waals surface area contributed by atoms with E-state index in [1.165, 1.54) is 5.43 Å². The molecular weight excluding hydrogens is 84.0 g/mol. The molecule has 0 aromatic carbocycles. The first-order valence-corrected chi connectivity index (χ1v) is 1.29. The summed E-state index contributed by atoms with van der Waals surface area (Å²) in [5, 5.41) is 0. The van der Waals surface area contributed by atoms with Gasteiger partial charge in [-0.15, -0.1) is 0 Å². The molecule has 0 unspecified atom stereocenters. The molecule has 0 saturated heterocycles. The fraction of sp³-hybridized carbons (Fsp3) is 0.500. The largest absolute Gasteiger partial charge is 0.452 e. The van der Waals surface area contributed by atoms with Crippen molar-refractivity contribution >= 4 is 6.09 Å². The quantitative estimate of drug-likeness (QED) is 0.399. The topological polar surface area (TPSA) is 60.6 Å². The summed E-state index contributed by atoms with van der Waals surface area (Å²) in [5.41, 5.74) is 1.25. The maximum atomic E-state index is 9.60. The van der Waals surface area contributed by atoms with Gasteiger partial charge >= 0.3 is 6.09 Å². The van der Waals surface area contributed by atoms with Crippen molar-refractivity contribution in [2.45, 2.75) is 0 Å². The minimum absolute atomic E-state index is 0.852. The van der Waals surface area contributed by atoms with Crippen molar-refractivity contribution in [1.29, 1.82) is 0 Å². The number of nitrogens with zero attached hydrogens (tertiary/aromatic N) is 1. The third kappa shape index (κ3) is 1.54. The van der Waals surface area contributed by atoms with Gasteiger partial charge in [0.1, 0.15) is 0 Å². The first kappa shape index (κ1) is 5.23. The molecule has 6 heavy (non-hydrogen) atoms. The van der Waals surface area contributed by atoms with E-state index in [2.05, 4.69) is 4.74 Å². The molecule has 0 aliphatic heterocycles. The Labute approximate surface area is 35.2 Å². The van der Waals surface area contributed by atoms with Gasteiger partial charge in [-0.25, -0.2) is 10.2 Å². The van der Waals surface area contributed by atoms with Crippen molar-refractivity contribution in [3.63, 3.8) is 0 Å². The molecule has 0 fully saturated rings. The summed E-state index contributed by atoms with van der Waals surface area (Å²) in [6.07, 6.45) is -0.852. The molecule has 0 saturated carbocycles. The first-order chi connectivity index (χ1) is 2.81. The van der Waals surface area contributed by atoms with E-state index in [0.29, 0.717) is 0 Å². The molecule has 2 radical (unpaired) electrons. The maximum Gasteiger partial charge on any atom is 0.423 e. The van der Waals surface area contributed by atoms with Gasteiger partial charge in [0.15, 0.2) is 0 Å². The van der Waals surface area contributed by atoms with Crippen LogP contribution in [0.25, 0.3) is 0 Å². The highest BCUT2D eigenvalue weighted by Crippen LogP contribution is 1.61. The highest BCUT2D eigenvalue weighted by Gasteiger charge is 1.87. The first-order valence-electron chi connectivity index (χ1n) is 1.29. The lowest BCUT2D eigenvalue weighted by molar-refractivity contribution is 0.170. The molecule has 0 aromatic rings. The number of rotatable bonds is 0. The molecule has 1 amide bonds. The van der Waals surface area contributed by atoms with Gasteiger partial charge in [0.25, 0.3) is 0 Å². The van der Waals surface area contributed by atoms with E-state index in [9.17, 15) is 4.79 Å². The van der Waals surface area contributed by atoms with Crippen LogP contribution in [-0.2, 0) is 4.74 Å². The lowest BCUT2D eigenvalue weighted by Crippen LogP contribution is -2.19. The van der Waals surface area contributed by atoms with Gasteiger partial charge in [0.2, 0.25) is 0 Å². The van der Waals surface area contributed by atoms with Crippen molar-refractivity contribution in [3.8, 4) is 0 Å². The summed E-state index contributed by atoms with van der Waals surface area (Å²) in [6.45, 7) is 0. The van der Waals surface area contributed by atoms with E-state index in [1.807, 2.05) is 0 Å². The molecule has 0 aliphatic carbocycles. The average Bonchev–Trinajstić information content (AvgIpc) is 1.65. The second kappa shape index (κ2) is 2.47. The van der Waals surface area contributed by atoms with E-state index in [0.717, 1.165) is 7.11 Å². The Balaban J connectivity index is 2.99. The van der Waals surface area contributed by atoms with Gasteiger partial charge in [0.05, 0.1) is 7.11 Å². The fourth-order valence-electron chi connectivity index (χ4n) is 0.0456. The molecular formula is C2H4N2O2. The van der Waals surface area contributed by atoms with Crippen LogP contribution >= 0.6 is 0 Å². The van der Waals surface area contributed by atoms with E-state index < -0.39 is 6.09 Å². The summed E-state index contributed by atoms with van der Waals surface area (Å²) >= 11 is 0. The van der Waals surface area contributed by atoms with Gasteiger partial charge in [0, 0.05) is 0 Å². The SMILES string of the molecule is COC(=O)N[N]. The lowest BCUT2D eigenvalue weighted by Gasteiger charge is -1.87. The molecule has 0 bridgehead atoms. The van der Waals surface area contributed by atoms with Crippen LogP contribution in [0.5, 0.6) is 0 Å². The summed E-state index contributed by atoms with van der Waals surface area (Å²) in [6, 6.07) is 0. The molecule has 0 atom stereocenters. The number of hydrogen-bond acceptors (Lipinski definition) is 2. The van der Waals surface area contributed by atoms with Crippen molar-refractivity contribution in [2.75, 3.05) is 7.11 Å². The number of carbonyl (C=O) groups is 1. The summed E-state index contributed by atoms with van der Waals surface area (Å²) in [7, 11) is 1.16. The standard InChI is InChI=1S/C2H4N2O2/c1-6-2(5)4-3/h1H3,(H,4,5). The molecule has 0 rings (SSSR count). The Hall–Kier alpha value is -0.770. The Morgan fingerprint density at radius 1 is 2.00 bits per heavy atom. The van der Waals surface area contributed by atoms with Gasteiger partial charge in [-0.3, -0.25) is 0 Å². The number of nitrogens with one attached hydrogen (secondary N) is 1. The van der Waals surface area contributed by atoms with Crippen LogP contribution in [0.4, 0.5) is 4.79 Å². The summed E-state index contributed by atoms with van der Waals surface area (Å²) in [5.74, 6) is 7.61. The Bertz CT molecular complexity index is 47.5. The number of amides is 1. The van der Waals surface area contributed by atoms with Gasteiger partial charge in [-0.2, -0.15) is 0 Å². The van der Waals surface area contributed by atoms with Crippen LogP contribution < -0.4 is 11.3 Å². The maximum absolute atomic E-state index is 9.60. The molecule has 0 spiro atoms. The van der Waals surface area contributed by atoms with Crippen LogP contribution in [0, 0.1) is 0 Å². The van der Waals surface area contributed by atoms with Crippen molar-refractivity contribution in [3.05, 3.63) is 0 Å². The van der Waals surface area contributed by atoms with E-state index in [4.69, 9.17) is 5.84 Å². The van der Waals surface area contributed by atoms with Crippen LogP contribution in [0.1, 0.15) is 0 Å². The molecule has 1 N–H and O–H groups in total. The average molecular weight is 88.1 g/mol. The van der Waals surface area contributed by atoms with Crippen LogP contribution in [0.2, 0.25) is 0 Å². The minimum Gasteiger partial charge on any atom is -0.452 e. The predicted octanol–water partition coefficient (Wildman–Crippen LogP) is -0.674. The summed E-state index contributed by atoms with van der Waals surface area (Å²) in [4.78, 5) is 9.60. The highest BCUT2D eigenvalue weighted by molar-refractivity contribution is 5.65. The normalized spacial score (nSPS) is 7.00. The van der Waals surface area contributed by atoms with Gasteiger partial charge in [-0.1, -0.05) is 0 Å². The second-order valence-electron chi connectivity index (χ2n) is 0.603. The number of carbonyl (C=O) groups excluding carboxylic acids is 1. The zero-order valence-corrected chi connectivity index (χ0v) is 3.26. The van der Waals surface area contributed by atoms with E-state index in [1.54, 1.807) is 0 Å². The monoisotopic (exact) mass is 88.0 g/mol. The zero-order chi connectivity index (χ0) is 4.99. The van der Waals surface area contributed by atoms with Crippen molar-refractivity contribution in [2.24, 2.45) is 0 Å². The number of ether oxygens (including phenoxy) is 1. The van der Waals surface area contributed by atoms with E-state index >= 15 is 0 Å². The second-order valence-corrected chi connectivity index (χ2v) is 0.603. The third-order valence-corrected chi connectivity index (χ3v) is 0.277. The molecule has 34 valence electrons. The van der Waals surface area contributed by atoms with Crippen molar-refractivity contribution in [1.82, 2.24) is 11.3 Å². The smallest absolute Gasteiger partial charge is 0.423 e. The molecule has 4 heteroatoms. The Kier molecular flexibility index (Phi) is 2.15. The number of hydrogen-bond donors (Lipinski definition) is 1. The molecule has 4 nitrogen and oxygen atoms in total. The minimum atomic E-state index is -0.852. The molecule has 0 heterocycles. The fourth-order valence-corrected chi connectivity index (χ4v) is 0.0456. The van der Waals surface area contributed by atoms with Gasteiger partial charge in [-0.05, 0) is 5.84 Å². The zero-order valence-electron chi connectivity index (χ0n) is 3.26. The number of methoxy groups -OCH3 is 1. The highest BCUT2D eigenvalue weighted by atomic mass is 16.5. The van der Waals surface area contributed by atoms with Gasteiger partial charge < -0.3 is 4.74 Å². The van der Waals surface area contributed by atoms with Crippen LogP contribution in [0.15, 0.2) is 0 Å². The van der Waals surface area contributed by atoms with Crippen molar-refractivity contribution < 1.29 is 9.53 Å². The predicted molar refractivity (Wildman–Crippen MR) is 17.7 cm³/mol. The lowest BCUT2D eigenvalue weighted by atomic mass is 11.2.